The van der Waals surface area contributed by atoms with Crippen molar-refractivity contribution in [3.05, 3.63) is 58.1 Å². The molecular formula is C22H27Cl2N3O5S. The third-order valence-electron chi connectivity index (χ3n) is 4.88. The highest BCUT2D eigenvalue weighted by atomic mass is 35.5. The van der Waals surface area contributed by atoms with Crippen LogP contribution in [0.3, 0.4) is 0 Å². The number of sulfonamides is 1. The third kappa shape index (κ3) is 7.25. The molecule has 0 spiro atoms. The lowest BCUT2D eigenvalue weighted by molar-refractivity contribution is -0.139. The minimum absolute atomic E-state index is 0.00962. The number of halogens is 2. The molecule has 1 atom stereocenters. The number of nitrogens with zero attached hydrogens (tertiary/aromatic N) is 2. The largest absolute Gasteiger partial charge is 0.494 e. The standard InChI is InChI=1S/C22H27Cl2N3O5S/c1-5-32-19-10-8-18(9-11-19)27(33(4,30)31)14-21(28)26(15(2)22(29)25-3)13-16-6-7-17(23)12-20(16)24/h6-12,15H,5,13-14H2,1-4H3,(H,25,29)/t15-/m0/s1. The summed E-state index contributed by atoms with van der Waals surface area (Å²) in [4.78, 5) is 26.9. The van der Waals surface area contributed by atoms with Crippen LogP contribution >= 0.6 is 23.2 Å². The minimum Gasteiger partial charge on any atom is -0.494 e. The summed E-state index contributed by atoms with van der Waals surface area (Å²) in [5, 5.41) is 3.27. The maximum Gasteiger partial charge on any atom is 0.244 e. The summed E-state index contributed by atoms with van der Waals surface area (Å²) in [5.41, 5.74) is 0.864. The van der Waals surface area contributed by atoms with Crippen LogP contribution in [-0.4, -0.2) is 57.6 Å². The predicted octanol–water partition coefficient (Wildman–Crippen LogP) is 3.32. The van der Waals surface area contributed by atoms with Crippen molar-refractivity contribution < 1.29 is 22.7 Å². The maximum absolute atomic E-state index is 13.3. The molecule has 1 N–H and O–H groups in total. The van der Waals surface area contributed by atoms with Crippen LogP contribution in [0.4, 0.5) is 5.69 Å². The summed E-state index contributed by atoms with van der Waals surface area (Å²) in [5.74, 6) is -0.398. The fraction of sp³-hybridized carbons (Fsp3) is 0.364. The van der Waals surface area contributed by atoms with Crippen LogP contribution in [0.15, 0.2) is 42.5 Å². The van der Waals surface area contributed by atoms with Gasteiger partial charge in [0.15, 0.2) is 0 Å². The number of hydrogen-bond acceptors (Lipinski definition) is 5. The van der Waals surface area contributed by atoms with Crippen molar-refractivity contribution in [1.82, 2.24) is 10.2 Å². The van der Waals surface area contributed by atoms with E-state index in [-0.39, 0.29) is 6.54 Å². The minimum atomic E-state index is -3.81. The molecule has 8 nitrogen and oxygen atoms in total. The monoisotopic (exact) mass is 515 g/mol. The highest BCUT2D eigenvalue weighted by Gasteiger charge is 2.30. The van der Waals surface area contributed by atoms with Gasteiger partial charge in [0, 0.05) is 23.6 Å². The van der Waals surface area contributed by atoms with Gasteiger partial charge < -0.3 is 15.0 Å². The van der Waals surface area contributed by atoms with Crippen LogP contribution in [0.25, 0.3) is 0 Å². The Morgan fingerprint density at radius 2 is 1.76 bits per heavy atom. The van der Waals surface area contributed by atoms with Gasteiger partial charge in [-0.25, -0.2) is 8.42 Å². The zero-order valence-electron chi connectivity index (χ0n) is 18.8. The SMILES string of the molecule is CCOc1ccc(N(CC(=O)N(Cc2ccc(Cl)cc2Cl)[C@@H](C)C(=O)NC)S(C)(=O)=O)cc1. The molecule has 0 heterocycles. The topological polar surface area (TPSA) is 96.0 Å². The van der Waals surface area contributed by atoms with Crippen molar-refractivity contribution in [3.8, 4) is 5.75 Å². The van der Waals surface area contributed by atoms with Crippen LogP contribution < -0.4 is 14.4 Å². The lowest BCUT2D eigenvalue weighted by Crippen LogP contribution is -2.50. The number of rotatable bonds is 10. The van der Waals surface area contributed by atoms with Gasteiger partial charge in [-0.1, -0.05) is 29.3 Å². The van der Waals surface area contributed by atoms with Crippen molar-refractivity contribution >= 4 is 50.7 Å². The van der Waals surface area contributed by atoms with E-state index in [0.717, 1.165) is 10.6 Å². The summed E-state index contributed by atoms with van der Waals surface area (Å²) < 4.78 is 31.4. The summed E-state index contributed by atoms with van der Waals surface area (Å²) in [6.07, 6.45) is 1.01. The van der Waals surface area contributed by atoms with Gasteiger partial charge in [-0.05, 0) is 55.8 Å². The number of likely N-dealkylation sites (N-methyl/N-ethyl adjacent to an activating group) is 1. The predicted molar refractivity (Wildman–Crippen MR) is 130 cm³/mol. The average Bonchev–Trinajstić information content (AvgIpc) is 2.76. The zero-order chi connectivity index (χ0) is 24.8. The molecule has 0 saturated carbocycles. The number of anilines is 1. The first-order valence-corrected chi connectivity index (χ1v) is 12.7. The van der Waals surface area contributed by atoms with Crippen molar-refractivity contribution in [2.45, 2.75) is 26.4 Å². The molecule has 0 bridgehead atoms. The molecule has 0 aliphatic carbocycles. The van der Waals surface area contributed by atoms with Gasteiger partial charge in [-0.15, -0.1) is 0 Å². The maximum atomic E-state index is 13.3. The smallest absolute Gasteiger partial charge is 0.244 e. The lowest BCUT2D eigenvalue weighted by atomic mass is 10.1. The molecule has 2 rings (SSSR count). The Balaban J connectivity index is 2.38. The summed E-state index contributed by atoms with van der Waals surface area (Å²) in [7, 11) is -2.35. The Morgan fingerprint density at radius 1 is 1.12 bits per heavy atom. The number of carbonyl (C=O) groups excluding carboxylic acids is 2. The van der Waals surface area contributed by atoms with Crippen molar-refractivity contribution in [2.24, 2.45) is 0 Å². The number of nitrogens with one attached hydrogen (secondary N) is 1. The van der Waals surface area contributed by atoms with Crippen molar-refractivity contribution in [1.29, 1.82) is 0 Å². The van der Waals surface area contributed by atoms with Crippen molar-refractivity contribution in [3.63, 3.8) is 0 Å². The molecule has 2 aromatic rings. The van der Waals surface area contributed by atoms with Crippen LogP contribution in [0, 0.1) is 0 Å². The fourth-order valence-corrected chi connectivity index (χ4v) is 4.43. The van der Waals surface area contributed by atoms with Crippen molar-refractivity contribution in [2.75, 3.05) is 30.8 Å². The van der Waals surface area contributed by atoms with Gasteiger partial charge in [-0.2, -0.15) is 0 Å². The van der Waals surface area contributed by atoms with E-state index < -0.39 is 34.4 Å². The van der Waals surface area contributed by atoms with E-state index in [2.05, 4.69) is 5.32 Å². The van der Waals surface area contributed by atoms with E-state index in [0.29, 0.717) is 33.7 Å². The lowest BCUT2D eigenvalue weighted by Gasteiger charge is -2.31. The first-order valence-electron chi connectivity index (χ1n) is 10.1. The third-order valence-corrected chi connectivity index (χ3v) is 6.61. The molecule has 2 amide bonds. The quantitative estimate of drug-likeness (QED) is 0.523. The molecular weight excluding hydrogens is 489 g/mol. The molecule has 0 aliphatic heterocycles. The Bertz CT molecular complexity index is 1090. The number of ether oxygens (including phenoxy) is 1. The Labute approximate surface area is 204 Å². The fourth-order valence-electron chi connectivity index (χ4n) is 3.11. The molecule has 0 aromatic heterocycles. The summed E-state index contributed by atoms with van der Waals surface area (Å²) in [6.45, 7) is 3.35. The number of hydrogen-bond donors (Lipinski definition) is 1. The van der Waals surface area contributed by atoms with Gasteiger partial charge in [0.25, 0.3) is 0 Å². The van der Waals surface area contributed by atoms with E-state index in [4.69, 9.17) is 27.9 Å². The molecule has 0 saturated heterocycles. The molecule has 180 valence electrons. The van der Waals surface area contributed by atoms with Crippen LogP contribution in [0.5, 0.6) is 5.75 Å². The van der Waals surface area contributed by atoms with Crippen LogP contribution in [0.2, 0.25) is 10.0 Å². The van der Waals surface area contributed by atoms with E-state index in [1.165, 1.54) is 18.0 Å². The van der Waals surface area contributed by atoms with Gasteiger partial charge in [-0.3, -0.25) is 13.9 Å². The first kappa shape index (κ1) is 26.8. The molecule has 0 fully saturated rings. The number of amides is 2. The van der Waals surface area contributed by atoms with Gasteiger partial charge in [0.05, 0.1) is 18.6 Å². The van der Waals surface area contributed by atoms with E-state index in [1.54, 1.807) is 43.3 Å². The first-order chi connectivity index (χ1) is 15.5. The molecule has 0 unspecified atom stereocenters. The second-order valence-electron chi connectivity index (χ2n) is 7.24. The van der Waals surface area contributed by atoms with Gasteiger partial charge in [0.2, 0.25) is 21.8 Å². The highest BCUT2D eigenvalue weighted by Crippen LogP contribution is 2.25. The summed E-state index contributed by atoms with van der Waals surface area (Å²) in [6, 6.07) is 10.3. The second-order valence-corrected chi connectivity index (χ2v) is 9.99. The van der Waals surface area contributed by atoms with Crippen LogP contribution in [-0.2, 0) is 26.2 Å². The molecule has 11 heteroatoms. The number of carbonyl (C=O) groups is 2. The van der Waals surface area contributed by atoms with Gasteiger partial charge >= 0.3 is 0 Å². The zero-order valence-corrected chi connectivity index (χ0v) is 21.2. The molecule has 2 aromatic carbocycles. The highest BCUT2D eigenvalue weighted by molar-refractivity contribution is 7.92. The Kier molecular flexibility index (Phi) is 9.39. The molecule has 0 radical (unpaired) electrons. The van der Waals surface area contributed by atoms with Gasteiger partial charge in [0.1, 0.15) is 18.3 Å². The molecule has 0 aliphatic rings. The number of benzene rings is 2. The molecule has 33 heavy (non-hydrogen) atoms. The van der Waals surface area contributed by atoms with E-state index in [1.807, 2.05) is 6.92 Å². The second kappa shape index (κ2) is 11.6. The summed E-state index contributed by atoms with van der Waals surface area (Å²) >= 11 is 12.2. The normalized spacial score (nSPS) is 12.1. The Hall–Kier alpha value is -2.49. The van der Waals surface area contributed by atoms with E-state index >= 15 is 0 Å². The van der Waals surface area contributed by atoms with E-state index in [9.17, 15) is 18.0 Å². The average molecular weight is 516 g/mol. The van der Waals surface area contributed by atoms with Crippen LogP contribution in [0.1, 0.15) is 19.4 Å². The Morgan fingerprint density at radius 3 is 2.27 bits per heavy atom.